The minimum absolute atomic E-state index is 0.0694. The maximum absolute atomic E-state index is 9.73. The van der Waals surface area contributed by atoms with E-state index in [4.69, 9.17) is 26.8 Å². The number of aromatic nitrogens is 2. The molecule has 140 valence electrons. The van der Waals surface area contributed by atoms with E-state index in [9.17, 15) is 5.26 Å². The van der Waals surface area contributed by atoms with E-state index in [2.05, 4.69) is 16.3 Å². The molecule has 28 heavy (non-hydrogen) atoms. The highest BCUT2D eigenvalue weighted by atomic mass is 35.5. The third-order valence-electron chi connectivity index (χ3n) is 4.71. The van der Waals surface area contributed by atoms with Crippen LogP contribution >= 0.6 is 11.6 Å². The molecule has 3 aromatic rings. The van der Waals surface area contributed by atoms with Crippen LogP contribution in [-0.2, 0) is 6.61 Å². The second kappa shape index (κ2) is 7.29. The van der Waals surface area contributed by atoms with Crippen molar-refractivity contribution in [2.45, 2.75) is 19.4 Å². The molecule has 3 N–H and O–H groups in total. The van der Waals surface area contributed by atoms with Gasteiger partial charge in [0.25, 0.3) is 0 Å². The Kier molecular flexibility index (Phi) is 4.68. The molecule has 0 bridgehead atoms. The first-order chi connectivity index (χ1) is 13.6. The van der Waals surface area contributed by atoms with Gasteiger partial charge in [-0.15, -0.1) is 5.10 Å². The summed E-state index contributed by atoms with van der Waals surface area (Å²) >= 11 is 5.92. The van der Waals surface area contributed by atoms with Gasteiger partial charge < -0.3 is 15.2 Å². The van der Waals surface area contributed by atoms with E-state index >= 15 is 0 Å². The van der Waals surface area contributed by atoms with Crippen LogP contribution in [-0.4, -0.2) is 10.2 Å². The summed E-state index contributed by atoms with van der Waals surface area (Å²) < 4.78 is 11.5. The molecule has 7 heteroatoms. The molecule has 0 saturated heterocycles. The van der Waals surface area contributed by atoms with Crippen molar-refractivity contribution in [1.82, 2.24) is 10.2 Å². The largest absolute Gasteiger partial charge is 0.487 e. The van der Waals surface area contributed by atoms with E-state index in [0.29, 0.717) is 22.2 Å². The van der Waals surface area contributed by atoms with Crippen LogP contribution in [0.15, 0.2) is 60.0 Å². The molecule has 0 radical (unpaired) electrons. The van der Waals surface area contributed by atoms with Crippen LogP contribution < -0.4 is 15.2 Å². The number of hydrogen-bond donors (Lipinski definition) is 2. The summed E-state index contributed by atoms with van der Waals surface area (Å²) in [5.41, 5.74) is 9.87. The highest BCUT2D eigenvalue weighted by molar-refractivity contribution is 6.30. The smallest absolute Gasteiger partial charge is 0.244 e. The van der Waals surface area contributed by atoms with Crippen LogP contribution in [0.1, 0.15) is 28.3 Å². The van der Waals surface area contributed by atoms with Crippen LogP contribution in [0.2, 0.25) is 5.02 Å². The van der Waals surface area contributed by atoms with Gasteiger partial charge in [-0.05, 0) is 42.3 Å². The maximum atomic E-state index is 9.73. The number of H-pyrrole nitrogens is 1. The summed E-state index contributed by atoms with van der Waals surface area (Å²) in [6.07, 6.45) is 0. The number of benzene rings is 2. The molecule has 0 aliphatic carbocycles. The molecule has 4 rings (SSSR count). The van der Waals surface area contributed by atoms with E-state index in [1.807, 2.05) is 31.2 Å². The minimum Gasteiger partial charge on any atom is -0.487 e. The van der Waals surface area contributed by atoms with Crippen molar-refractivity contribution in [2.75, 3.05) is 0 Å². The molecule has 1 aromatic heterocycles. The van der Waals surface area contributed by atoms with Crippen LogP contribution in [0.3, 0.4) is 0 Å². The van der Waals surface area contributed by atoms with Crippen LogP contribution in [0.5, 0.6) is 11.6 Å². The molecule has 2 heterocycles. The normalized spacial score (nSPS) is 15.5. The number of nitrogens with two attached hydrogens (primary N) is 1. The van der Waals surface area contributed by atoms with Gasteiger partial charge in [0.1, 0.15) is 24.0 Å². The van der Waals surface area contributed by atoms with Gasteiger partial charge >= 0.3 is 0 Å². The van der Waals surface area contributed by atoms with E-state index in [1.54, 1.807) is 24.3 Å². The number of fused-ring (bicyclic) bond motifs is 1. The minimum atomic E-state index is -0.377. The van der Waals surface area contributed by atoms with Crippen molar-refractivity contribution in [3.8, 4) is 17.7 Å². The zero-order chi connectivity index (χ0) is 19.7. The zero-order valence-electron chi connectivity index (χ0n) is 15.1. The summed E-state index contributed by atoms with van der Waals surface area (Å²) in [7, 11) is 0. The third kappa shape index (κ3) is 3.17. The van der Waals surface area contributed by atoms with Crippen LogP contribution in [0.4, 0.5) is 0 Å². The lowest BCUT2D eigenvalue weighted by Gasteiger charge is -2.25. The molecule has 0 saturated carbocycles. The topological polar surface area (TPSA) is 97.0 Å². The molecule has 6 nitrogen and oxygen atoms in total. The Balaban J connectivity index is 1.74. The summed E-state index contributed by atoms with van der Waals surface area (Å²) in [6.45, 7) is 2.23. The Bertz CT molecular complexity index is 1100. The van der Waals surface area contributed by atoms with E-state index < -0.39 is 0 Å². The number of nitriles is 1. The number of halogens is 1. The van der Waals surface area contributed by atoms with E-state index in [1.165, 1.54) is 0 Å². The third-order valence-corrected chi connectivity index (χ3v) is 4.97. The Hall–Kier alpha value is -3.43. The summed E-state index contributed by atoms with van der Waals surface area (Å²) in [5, 5.41) is 17.6. The first-order valence-corrected chi connectivity index (χ1v) is 9.05. The van der Waals surface area contributed by atoms with Crippen LogP contribution in [0.25, 0.3) is 0 Å². The van der Waals surface area contributed by atoms with Crippen molar-refractivity contribution in [3.05, 3.63) is 87.4 Å². The molecular weight excluding hydrogens is 376 g/mol. The second-order valence-electron chi connectivity index (χ2n) is 6.44. The van der Waals surface area contributed by atoms with Gasteiger partial charge in [-0.2, -0.15) is 5.26 Å². The number of aromatic amines is 1. The molecule has 1 aliphatic rings. The number of hydrogen-bond acceptors (Lipinski definition) is 5. The summed E-state index contributed by atoms with van der Waals surface area (Å²) in [5.74, 6) is 0.726. The Morgan fingerprint density at radius 1 is 1.25 bits per heavy atom. The number of nitrogens with zero attached hydrogens (tertiary/aromatic N) is 2. The fourth-order valence-corrected chi connectivity index (χ4v) is 3.45. The maximum Gasteiger partial charge on any atom is 0.244 e. The number of aryl methyl sites for hydroxylation is 1. The van der Waals surface area contributed by atoms with Crippen molar-refractivity contribution in [1.29, 1.82) is 5.26 Å². The lowest BCUT2D eigenvalue weighted by Crippen LogP contribution is -2.22. The van der Waals surface area contributed by atoms with Gasteiger partial charge in [-0.3, -0.25) is 5.10 Å². The number of rotatable bonds is 4. The molecule has 0 fully saturated rings. The SMILES string of the molecule is Cc1ccccc1C1C(C#N)=C(N)Oc2n[nH]c(COc3ccc(Cl)cc3)c21. The standard InChI is InChI=1S/C21H17ClN4O2/c1-12-4-2-3-5-15(12)18-16(10-23)20(24)28-21-19(18)17(25-26-21)11-27-14-8-6-13(22)7-9-14/h2-9,18H,11,24H2,1H3,(H,25,26). The lowest BCUT2D eigenvalue weighted by molar-refractivity contribution is 0.299. The summed E-state index contributed by atoms with van der Waals surface area (Å²) in [4.78, 5) is 0. The second-order valence-corrected chi connectivity index (χ2v) is 6.88. The predicted molar refractivity (Wildman–Crippen MR) is 105 cm³/mol. The van der Waals surface area contributed by atoms with Gasteiger partial charge in [-0.25, -0.2) is 0 Å². The predicted octanol–water partition coefficient (Wildman–Crippen LogP) is 4.17. The Morgan fingerprint density at radius 3 is 2.71 bits per heavy atom. The lowest BCUT2D eigenvalue weighted by atomic mass is 9.82. The van der Waals surface area contributed by atoms with E-state index in [0.717, 1.165) is 22.4 Å². The highest BCUT2D eigenvalue weighted by Crippen LogP contribution is 2.43. The van der Waals surface area contributed by atoms with Crippen molar-refractivity contribution >= 4 is 11.6 Å². The Morgan fingerprint density at radius 2 is 2.00 bits per heavy atom. The summed E-state index contributed by atoms with van der Waals surface area (Å²) in [6, 6.07) is 17.2. The highest BCUT2D eigenvalue weighted by Gasteiger charge is 2.35. The average Bonchev–Trinajstić information content (AvgIpc) is 3.09. The number of allylic oxidation sites excluding steroid dienone is 1. The molecule has 0 amide bonds. The number of ether oxygens (including phenoxy) is 2. The first kappa shape index (κ1) is 18.0. The molecule has 1 atom stereocenters. The quantitative estimate of drug-likeness (QED) is 0.694. The zero-order valence-corrected chi connectivity index (χ0v) is 15.8. The monoisotopic (exact) mass is 392 g/mol. The van der Waals surface area contributed by atoms with E-state index in [-0.39, 0.29) is 18.4 Å². The van der Waals surface area contributed by atoms with Crippen molar-refractivity contribution in [3.63, 3.8) is 0 Å². The molecule has 1 aliphatic heterocycles. The van der Waals surface area contributed by atoms with Gasteiger partial charge in [-0.1, -0.05) is 35.9 Å². The van der Waals surface area contributed by atoms with Crippen molar-refractivity contribution < 1.29 is 9.47 Å². The van der Waals surface area contributed by atoms with Gasteiger partial charge in [0.15, 0.2) is 0 Å². The molecule has 0 spiro atoms. The van der Waals surface area contributed by atoms with Gasteiger partial charge in [0.05, 0.1) is 17.2 Å². The fourth-order valence-electron chi connectivity index (χ4n) is 3.33. The van der Waals surface area contributed by atoms with Gasteiger partial charge in [0.2, 0.25) is 11.8 Å². The van der Waals surface area contributed by atoms with Crippen molar-refractivity contribution in [2.24, 2.45) is 5.73 Å². The molecular formula is C21H17ClN4O2. The molecule has 1 unspecified atom stereocenters. The average molecular weight is 393 g/mol. The Labute approximate surface area is 167 Å². The first-order valence-electron chi connectivity index (χ1n) is 8.67. The van der Waals surface area contributed by atoms with Gasteiger partial charge in [0, 0.05) is 5.02 Å². The fraction of sp³-hybridized carbons (Fsp3) is 0.143. The molecule has 2 aromatic carbocycles. The number of nitrogens with one attached hydrogen (secondary N) is 1. The van der Waals surface area contributed by atoms with Crippen LogP contribution in [0, 0.1) is 18.3 Å².